The molecule has 4 rings (SSSR count). The molecule has 2 aromatic carbocycles. The molecule has 3 heteroatoms. The van der Waals surface area contributed by atoms with Gasteiger partial charge in [0.15, 0.2) is 0 Å². The molecule has 2 atom stereocenters. The summed E-state index contributed by atoms with van der Waals surface area (Å²) in [5.41, 5.74) is 11.9. The second kappa shape index (κ2) is 5.56. The molecule has 1 heterocycles. The molecule has 1 aliphatic rings. The first-order valence-electron chi connectivity index (χ1n) is 7.84. The first-order chi connectivity index (χ1) is 10.7. The summed E-state index contributed by atoms with van der Waals surface area (Å²) in [5, 5.41) is 1.34. The molecular weight excluding hydrogens is 336 g/mol. The highest BCUT2D eigenvalue weighted by Gasteiger charge is 2.29. The molecule has 0 aliphatic heterocycles. The fourth-order valence-electron chi connectivity index (χ4n) is 3.74. The van der Waals surface area contributed by atoms with Gasteiger partial charge < -0.3 is 10.7 Å². The summed E-state index contributed by atoms with van der Waals surface area (Å²) in [6.07, 6.45) is 3.50. The number of aromatic nitrogens is 1. The highest BCUT2D eigenvalue weighted by molar-refractivity contribution is 9.10. The molecule has 0 bridgehead atoms. The third-order valence-corrected chi connectivity index (χ3v) is 5.33. The largest absolute Gasteiger partial charge is 0.358 e. The van der Waals surface area contributed by atoms with Gasteiger partial charge in [-0.2, -0.15) is 0 Å². The third-order valence-electron chi connectivity index (χ3n) is 4.83. The van der Waals surface area contributed by atoms with Crippen LogP contribution in [0.1, 0.15) is 41.6 Å². The minimum atomic E-state index is 0.0525. The SMILES string of the molecule is NC(c1ccccc1)C1CCCc2c1[nH]c1ccc(Br)cc21. The molecule has 0 amide bonds. The van der Waals surface area contributed by atoms with Gasteiger partial charge in [-0.1, -0.05) is 46.3 Å². The first kappa shape index (κ1) is 14.0. The first-order valence-corrected chi connectivity index (χ1v) is 8.64. The predicted molar refractivity (Wildman–Crippen MR) is 95.0 cm³/mol. The Bertz CT molecular complexity index is 807. The Morgan fingerprint density at radius 2 is 1.95 bits per heavy atom. The van der Waals surface area contributed by atoms with E-state index in [0.717, 1.165) is 17.3 Å². The molecule has 0 radical (unpaired) electrons. The molecule has 0 saturated carbocycles. The van der Waals surface area contributed by atoms with Crippen molar-refractivity contribution in [2.24, 2.45) is 5.73 Å². The van der Waals surface area contributed by atoms with Crippen LogP contribution in [0.5, 0.6) is 0 Å². The summed E-state index contributed by atoms with van der Waals surface area (Å²) in [6, 6.07) is 17.0. The molecule has 112 valence electrons. The lowest BCUT2D eigenvalue weighted by Crippen LogP contribution is -2.23. The molecule has 1 aromatic heterocycles. The molecule has 3 N–H and O–H groups in total. The number of H-pyrrole nitrogens is 1. The van der Waals surface area contributed by atoms with E-state index >= 15 is 0 Å². The van der Waals surface area contributed by atoms with E-state index in [2.05, 4.69) is 63.4 Å². The Balaban J connectivity index is 1.81. The second-order valence-corrected chi connectivity index (χ2v) is 7.06. The van der Waals surface area contributed by atoms with Gasteiger partial charge in [-0.25, -0.2) is 0 Å². The number of nitrogens with one attached hydrogen (secondary N) is 1. The molecule has 2 nitrogen and oxygen atoms in total. The van der Waals surface area contributed by atoms with E-state index in [0.29, 0.717) is 5.92 Å². The van der Waals surface area contributed by atoms with Crippen LogP contribution >= 0.6 is 15.9 Å². The van der Waals surface area contributed by atoms with Crippen molar-refractivity contribution >= 4 is 26.8 Å². The highest BCUT2D eigenvalue weighted by Crippen LogP contribution is 2.42. The Morgan fingerprint density at radius 1 is 1.14 bits per heavy atom. The minimum Gasteiger partial charge on any atom is -0.358 e. The van der Waals surface area contributed by atoms with E-state index in [1.165, 1.54) is 34.1 Å². The molecule has 22 heavy (non-hydrogen) atoms. The summed E-state index contributed by atoms with van der Waals surface area (Å²) >= 11 is 3.59. The van der Waals surface area contributed by atoms with Crippen LogP contribution in [0.3, 0.4) is 0 Å². The number of nitrogens with two attached hydrogens (primary N) is 1. The lowest BCUT2D eigenvalue weighted by molar-refractivity contribution is 0.468. The zero-order valence-electron chi connectivity index (χ0n) is 12.4. The lowest BCUT2D eigenvalue weighted by Gasteiger charge is -2.28. The second-order valence-electron chi connectivity index (χ2n) is 6.14. The van der Waals surface area contributed by atoms with Gasteiger partial charge in [0.2, 0.25) is 0 Å². The lowest BCUT2D eigenvalue weighted by atomic mass is 9.80. The Morgan fingerprint density at radius 3 is 2.77 bits per heavy atom. The normalized spacial score (nSPS) is 19.1. The van der Waals surface area contributed by atoms with E-state index in [-0.39, 0.29) is 6.04 Å². The van der Waals surface area contributed by atoms with Crippen molar-refractivity contribution in [3.05, 3.63) is 69.8 Å². The van der Waals surface area contributed by atoms with Crippen molar-refractivity contribution < 1.29 is 0 Å². The smallest absolute Gasteiger partial charge is 0.0459 e. The molecule has 2 unspecified atom stereocenters. The number of aromatic amines is 1. The summed E-state index contributed by atoms with van der Waals surface area (Å²) < 4.78 is 1.14. The van der Waals surface area contributed by atoms with Gasteiger partial charge in [-0.3, -0.25) is 0 Å². The van der Waals surface area contributed by atoms with Gasteiger partial charge in [-0.05, 0) is 48.6 Å². The summed E-state index contributed by atoms with van der Waals surface area (Å²) in [4.78, 5) is 3.64. The Kier molecular flexibility index (Phi) is 3.55. The number of benzene rings is 2. The van der Waals surface area contributed by atoms with E-state index in [4.69, 9.17) is 5.73 Å². The van der Waals surface area contributed by atoms with Crippen LogP contribution in [0.15, 0.2) is 53.0 Å². The van der Waals surface area contributed by atoms with Crippen LogP contribution in [0, 0.1) is 0 Å². The van der Waals surface area contributed by atoms with Crippen LogP contribution < -0.4 is 5.73 Å². The number of hydrogen-bond donors (Lipinski definition) is 2. The number of rotatable bonds is 2. The van der Waals surface area contributed by atoms with Crippen LogP contribution in [0.2, 0.25) is 0 Å². The van der Waals surface area contributed by atoms with Crippen LogP contribution in [0.25, 0.3) is 10.9 Å². The molecule has 1 aliphatic carbocycles. The number of hydrogen-bond acceptors (Lipinski definition) is 1. The fraction of sp³-hybridized carbons (Fsp3) is 0.263. The van der Waals surface area contributed by atoms with Gasteiger partial charge in [-0.15, -0.1) is 0 Å². The van der Waals surface area contributed by atoms with Gasteiger partial charge in [0.1, 0.15) is 0 Å². The summed E-state index contributed by atoms with van der Waals surface area (Å²) in [7, 11) is 0. The van der Waals surface area contributed by atoms with Crippen molar-refractivity contribution in [2.75, 3.05) is 0 Å². The van der Waals surface area contributed by atoms with Crippen molar-refractivity contribution in [2.45, 2.75) is 31.2 Å². The van der Waals surface area contributed by atoms with Crippen LogP contribution in [-0.4, -0.2) is 4.98 Å². The Hall–Kier alpha value is -1.58. The quantitative estimate of drug-likeness (QED) is 0.664. The molecule has 3 aromatic rings. The summed E-state index contributed by atoms with van der Waals surface area (Å²) in [5.74, 6) is 0.373. The van der Waals surface area contributed by atoms with Crippen molar-refractivity contribution in [3.8, 4) is 0 Å². The maximum absolute atomic E-state index is 6.61. The van der Waals surface area contributed by atoms with Gasteiger partial charge in [0.05, 0.1) is 0 Å². The molecule has 0 fully saturated rings. The summed E-state index contributed by atoms with van der Waals surface area (Å²) in [6.45, 7) is 0. The average Bonchev–Trinajstić information content (AvgIpc) is 2.93. The molecular formula is C19H19BrN2. The van der Waals surface area contributed by atoms with Crippen molar-refractivity contribution in [1.29, 1.82) is 0 Å². The highest BCUT2D eigenvalue weighted by atomic mass is 79.9. The number of halogens is 1. The topological polar surface area (TPSA) is 41.8 Å². The average molecular weight is 355 g/mol. The number of aryl methyl sites for hydroxylation is 1. The van der Waals surface area contributed by atoms with Gasteiger partial charge in [0.25, 0.3) is 0 Å². The van der Waals surface area contributed by atoms with E-state index in [1.807, 2.05) is 6.07 Å². The van der Waals surface area contributed by atoms with Crippen LogP contribution in [-0.2, 0) is 6.42 Å². The molecule has 0 saturated heterocycles. The third kappa shape index (κ3) is 2.29. The molecule has 0 spiro atoms. The predicted octanol–water partition coefficient (Wildman–Crippen LogP) is 5.05. The number of fused-ring (bicyclic) bond motifs is 3. The standard InChI is InChI=1S/C19H19BrN2/c20-13-9-10-17-16(11-13)14-7-4-8-15(19(14)22-17)18(21)12-5-2-1-3-6-12/h1-3,5-6,9-11,15,18,22H,4,7-8,21H2. The zero-order chi connectivity index (χ0) is 15.1. The van der Waals surface area contributed by atoms with Crippen molar-refractivity contribution in [1.82, 2.24) is 4.98 Å². The Labute approximate surface area is 138 Å². The fourth-order valence-corrected chi connectivity index (χ4v) is 4.10. The van der Waals surface area contributed by atoms with Gasteiger partial charge in [0, 0.05) is 33.0 Å². The van der Waals surface area contributed by atoms with E-state index < -0.39 is 0 Å². The van der Waals surface area contributed by atoms with Crippen LogP contribution in [0.4, 0.5) is 0 Å². The monoisotopic (exact) mass is 354 g/mol. The maximum Gasteiger partial charge on any atom is 0.0459 e. The maximum atomic E-state index is 6.61. The van der Waals surface area contributed by atoms with E-state index in [1.54, 1.807) is 0 Å². The van der Waals surface area contributed by atoms with Crippen molar-refractivity contribution in [3.63, 3.8) is 0 Å². The van der Waals surface area contributed by atoms with E-state index in [9.17, 15) is 0 Å². The minimum absolute atomic E-state index is 0.0525. The zero-order valence-corrected chi connectivity index (χ0v) is 13.9. The van der Waals surface area contributed by atoms with Gasteiger partial charge >= 0.3 is 0 Å².